The van der Waals surface area contributed by atoms with Crippen LogP contribution in [0.3, 0.4) is 0 Å². The number of hydrogen-bond donors (Lipinski definition) is 2. The van der Waals surface area contributed by atoms with Gasteiger partial charge in [-0.05, 0) is 97.8 Å². The van der Waals surface area contributed by atoms with Crippen molar-refractivity contribution in [2.75, 3.05) is 24.6 Å². The number of aliphatic imine (C=N–C) groups is 2. The molecule has 48 heavy (non-hydrogen) atoms. The van der Waals surface area contributed by atoms with Crippen LogP contribution in [-0.2, 0) is 17.7 Å². The van der Waals surface area contributed by atoms with Crippen molar-refractivity contribution in [3.8, 4) is 0 Å². The maximum Gasteiger partial charge on any atom is 0.355 e. The number of anilines is 1. The van der Waals surface area contributed by atoms with E-state index < -0.39 is 5.97 Å². The molecule has 0 bridgehead atoms. The Balaban J connectivity index is 1.36. The SMILES string of the molecule is C=Nc1ccccc1SC(=O)c1cccc2c1CN(c1ccc(C(=CN)C(C)=NCC3(C)CC(C)C(OCCC)C3)c(C(=O)O)n1)CC2. The normalized spacial score (nSPS) is 21.2. The Bertz CT molecular complexity index is 1750. The van der Waals surface area contributed by atoms with Gasteiger partial charge in [-0.3, -0.25) is 14.8 Å². The minimum absolute atomic E-state index is 0.00818. The lowest BCUT2D eigenvalue weighted by Gasteiger charge is -2.31. The van der Waals surface area contributed by atoms with E-state index in [4.69, 9.17) is 15.5 Å². The van der Waals surface area contributed by atoms with Gasteiger partial charge in [0.25, 0.3) is 0 Å². The Hall–Kier alpha value is -4.28. The Kier molecular flexibility index (Phi) is 11.2. The number of ether oxygens (including phenoxy) is 1. The number of nitrogens with zero attached hydrogens (tertiary/aromatic N) is 4. The van der Waals surface area contributed by atoms with Crippen molar-refractivity contribution >= 4 is 52.4 Å². The van der Waals surface area contributed by atoms with Crippen LogP contribution in [0.5, 0.6) is 0 Å². The maximum atomic E-state index is 13.5. The first-order chi connectivity index (χ1) is 23.1. The molecule has 0 amide bonds. The number of aromatic carboxylic acids is 1. The second-order valence-electron chi connectivity index (χ2n) is 13.1. The summed E-state index contributed by atoms with van der Waals surface area (Å²) in [5.41, 5.74) is 10.9. The van der Waals surface area contributed by atoms with Gasteiger partial charge in [-0.25, -0.2) is 9.78 Å². The quantitative estimate of drug-likeness (QED) is 0.149. The van der Waals surface area contributed by atoms with Gasteiger partial charge in [-0.1, -0.05) is 51.1 Å². The van der Waals surface area contributed by atoms with Crippen LogP contribution >= 0.6 is 11.8 Å². The van der Waals surface area contributed by atoms with Gasteiger partial charge in [-0.2, -0.15) is 0 Å². The summed E-state index contributed by atoms with van der Waals surface area (Å²) < 4.78 is 6.10. The van der Waals surface area contributed by atoms with E-state index >= 15 is 0 Å². The lowest BCUT2D eigenvalue weighted by atomic mass is 9.88. The molecular formula is C38H45N5O4S. The van der Waals surface area contributed by atoms with Crippen LogP contribution in [0.2, 0.25) is 0 Å². The molecule has 3 aromatic rings. The molecule has 3 unspecified atom stereocenters. The minimum Gasteiger partial charge on any atom is -0.476 e. The summed E-state index contributed by atoms with van der Waals surface area (Å²) in [4.78, 5) is 42.5. The zero-order valence-electron chi connectivity index (χ0n) is 28.2. The van der Waals surface area contributed by atoms with Gasteiger partial charge in [0.15, 0.2) is 5.69 Å². The minimum atomic E-state index is -1.15. The molecule has 0 saturated heterocycles. The molecule has 1 aliphatic heterocycles. The van der Waals surface area contributed by atoms with Crippen LogP contribution in [0.15, 0.2) is 75.7 Å². The fourth-order valence-corrected chi connectivity index (χ4v) is 7.79. The highest BCUT2D eigenvalue weighted by molar-refractivity contribution is 8.14. The number of pyridine rings is 1. The number of nitrogens with two attached hydrogens (primary N) is 1. The van der Waals surface area contributed by atoms with E-state index in [1.807, 2.05) is 60.4 Å². The number of carboxylic acids is 1. The molecule has 10 heteroatoms. The highest BCUT2D eigenvalue weighted by Crippen LogP contribution is 2.43. The van der Waals surface area contributed by atoms with Gasteiger partial charge in [0.05, 0.1) is 11.8 Å². The van der Waals surface area contributed by atoms with E-state index in [0.717, 1.165) is 53.7 Å². The molecule has 9 nitrogen and oxygen atoms in total. The highest BCUT2D eigenvalue weighted by Gasteiger charge is 2.40. The molecular weight excluding hydrogens is 623 g/mol. The number of benzene rings is 2. The molecule has 1 fully saturated rings. The summed E-state index contributed by atoms with van der Waals surface area (Å²) in [6.45, 7) is 14.5. The summed E-state index contributed by atoms with van der Waals surface area (Å²) in [5.74, 6) is -0.168. The van der Waals surface area contributed by atoms with Crippen molar-refractivity contribution in [1.29, 1.82) is 0 Å². The van der Waals surface area contributed by atoms with Crippen molar-refractivity contribution in [3.63, 3.8) is 0 Å². The number of carbonyl (C=O) groups is 2. The largest absolute Gasteiger partial charge is 0.476 e. The van der Waals surface area contributed by atoms with Crippen molar-refractivity contribution in [3.05, 3.63) is 88.7 Å². The lowest BCUT2D eigenvalue weighted by molar-refractivity contribution is 0.0291. The van der Waals surface area contributed by atoms with Crippen LogP contribution in [0, 0.1) is 11.3 Å². The first kappa shape index (κ1) is 35.0. The summed E-state index contributed by atoms with van der Waals surface area (Å²) in [6, 6.07) is 16.8. The number of para-hydroxylation sites is 1. The molecule has 2 heterocycles. The lowest BCUT2D eigenvalue weighted by Crippen LogP contribution is -2.32. The predicted molar refractivity (Wildman–Crippen MR) is 195 cm³/mol. The number of carboxylic acid groups (broad SMARTS) is 1. The summed E-state index contributed by atoms with van der Waals surface area (Å²) in [6.07, 6.45) is 5.29. The van der Waals surface area contributed by atoms with Crippen LogP contribution in [-0.4, -0.2) is 59.4 Å². The van der Waals surface area contributed by atoms with E-state index in [-0.39, 0.29) is 22.3 Å². The summed E-state index contributed by atoms with van der Waals surface area (Å²) in [5, 5.41) is 10.2. The molecule has 0 radical (unpaired) electrons. The van der Waals surface area contributed by atoms with Crippen molar-refractivity contribution < 1.29 is 19.4 Å². The first-order valence-electron chi connectivity index (χ1n) is 16.5. The standard InChI is InChI=1S/C38H45N5O4S/c1-6-18-47-32-20-38(4,19-24(32)2)23-41-25(3)29(21-39)27-14-15-34(42-35(27)36(44)45)43-17-16-26-10-9-11-28(30(26)22-43)37(46)48-33-13-8-7-12-31(33)40-5/h7-15,21,24,32H,5-6,16-20,22-23,39H2,1-4H3,(H,44,45). The highest BCUT2D eigenvalue weighted by atomic mass is 32.2. The second kappa shape index (κ2) is 15.3. The average molecular weight is 668 g/mol. The third-order valence-electron chi connectivity index (χ3n) is 9.36. The monoisotopic (exact) mass is 667 g/mol. The Morgan fingerprint density at radius 2 is 1.96 bits per heavy atom. The summed E-state index contributed by atoms with van der Waals surface area (Å²) >= 11 is 1.13. The molecule has 2 aromatic carbocycles. The Morgan fingerprint density at radius 3 is 2.69 bits per heavy atom. The molecule has 0 spiro atoms. The topological polar surface area (TPSA) is 130 Å². The first-order valence-corrected chi connectivity index (χ1v) is 17.3. The van der Waals surface area contributed by atoms with E-state index in [1.54, 1.807) is 6.07 Å². The molecule has 3 N–H and O–H groups in total. The van der Waals surface area contributed by atoms with Crippen molar-refractivity contribution in [2.45, 2.75) is 70.9 Å². The van der Waals surface area contributed by atoms with Gasteiger partial charge >= 0.3 is 5.97 Å². The molecule has 1 aromatic heterocycles. The number of aromatic nitrogens is 1. The molecule has 1 aliphatic carbocycles. The third kappa shape index (κ3) is 7.71. The Morgan fingerprint density at radius 1 is 1.17 bits per heavy atom. The number of thioether (sulfide) groups is 1. The van der Waals surface area contributed by atoms with Gasteiger partial charge in [0.1, 0.15) is 5.82 Å². The van der Waals surface area contributed by atoms with E-state index in [0.29, 0.717) is 65.9 Å². The molecule has 5 rings (SSSR count). The fourth-order valence-electron chi connectivity index (χ4n) is 6.90. The fraction of sp³-hybridized carbons (Fsp3) is 0.395. The van der Waals surface area contributed by atoms with Gasteiger partial charge in [-0.15, -0.1) is 0 Å². The third-order valence-corrected chi connectivity index (χ3v) is 10.3. The molecule has 1 saturated carbocycles. The van der Waals surface area contributed by atoms with Crippen LogP contribution in [0.1, 0.15) is 84.5 Å². The van der Waals surface area contributed by atoms with Gasteiger partial charge < -0.3 is 20.5 Å². The second-order valence-corrected chi connectivity index (χ2v) is 14.1. The van der Waals surface area contributed by atoms with Crippen molar-refractivity contribution in [1.82, 2.24) is 4.98 Å². The van der Waals surface area contributed by atoms with E-state index in [9.17, 15) is 14.7 Å². The van der Waals surface area contributed by atoms with E-state index in [1.165, 1.54) is 6.20 Å². The van der Waals surface area contributed by atoms with Crippen LogP contribution in [0.25, 0.3) is 5.57 Å². The van der Waals surface area contributed by atoms with Crippen LogP contribution in [0.4, 0.5) is 11.5 Å². The van der Waals surface area contributed by atoms with Crippen LogP contribution < -0.4 is 10.6 Å². The average Bonchev–Trinajstić information content (AvgIpc) is 3.39. The number of carbonyl (C=O) groups excluding carboxylic acids is 1. The van der Waals surface area contributed by atoms with E-state index in [2.05, 4.69) is 37.5 Å². The van der Waals surface area contributed by atoms with Gasteiger partial charge in [0.2, 0.25) is 5.12 Å². The maximum absolute atomic E-state index is 13.5. The summed E-state index contributed by atoms with van der Waals surface area (Å²) in [7, 11) is 0. The number of rotatable bonds is 12. The van der Waals surface area contributed by atoms with Crippen molar-refractivity contribution in [2.24, 2.45) is 27.1 Å². The zero-order valence-corrected chi connectivity index (χ0v) is 29.1. The molecule has 252 valence electrons. The predicted octanol–water partition coefficient (Wildman–Crippen LogP) is 7.60. The number of hydrogen-bond acceptors (Lipinski definition) is 9. The van der Waals surface area contributed by atoms with Gasteiger partial charge in [0, 0.05) is 59.7 Å². The Labute approximate surface area is 287 Å². The zero-order chi connectivity index (χ0) is 34.4. The molecule has 2 aliphatic rings. The number of allylic oxidation sites excluding steroid dienone is 1. The molecule has 3 atom stereocenters. The number of fused-ring (bicyclic) bond motifs is 1. The smallest absolute Gasteiger partial charge is 0.355 e.